The summed E-state index contributed by atoms with van der Waals surface area (Å²) < 4.78 is 0. The molecule has 1 aliphatic rings. The van der Waals surface area contributed by atoms with Gasteiger partial charge in [-0.3, -0.25) is 4.79 Å². The van der Waals surface area contributed by atoms with Gasteiger partial charge in [-0.25, -0.2) is 0 Å². The zero-order valence-corrected chi connectivity index (χ0v) is 17.1. The number of nitrogens with zero attached hydrogens (tertiary/aromatic N) is 1. The highest BCUT2D eigenvalue weighted by atomic mass is 35.5. The Morgan fingerprint density at radius 1 is 1.29 bits per heavy atom. The van der Waals surface area contributed by atoms with Crippen molar-refractivity contribution < 1.29 is 4.79 Å². The van der Waals surface area contributed by atoms with Crippen LogP contribution in [0.25, 0.3) is 5.57 Å². The molecular weight excluding hydrogens is 368 g/mol. The van der Waals surface area contributed by atoms with E-state index >= 15 is 0 Å². The van der Waals surface area contributed by atoms with Gasteiger partial charge in [-0.2, -0.15) is 0 Å². The topological polar surface area (TPSA) is 32.3 Å². The highest BCUT2D eigenvalue weighted by Gasteiger charge is 2.28. The molecule has 4 heteroatoms. The summed E-state index contributed by atoms with van der Waals surface area (Å²) in [5.74, 6) is 0.180. The Bertz CT molecular complexity index is 860. The number of halogens is 1. The first-order chi connectivity index (χ1) is 13.6. The Kier molecular flexibility index (Phi) is 6.94. The van der Waals surface area contributed by atoms with Crippen LogP contribution in [0, 0.1) is 12.8 Å². The molecule has 2 aromatic rings. The van der Waals surface area contributed by atoms with Crippen molar-refractivity contribution in [1.29, 1.82) is 0 Å². The number of benzene rings is 2. The van der Waals surface area contributed by atoms with Gasteiger partial charge >= 0.3 is 0 Å². The molecule has 0 aromatic heterocycles. The summed E-state index contributed by atoms with van der Waals surface area (Å²) >= 11 is 6.17. The smallest absolute Gasteiger partial charge is 0.224 e. The number of para-hydroxylation sites is 1. The van der Waals surface area contributed by atoms with Crippen molar-refractivity contribution in [2.75, 3.05) is 24.5 Å². The molecule has 3 nitrogen and oxygen atoms in total. The molecule has 1 fully saturated rings. The van der Waals surface area contributed by atoms with Crippen LogP contribution in [-0.4, -0.2) is 25.5 Å². The summed E-state index contributed by atoms with van der Waals surface area (Å²) in [5, 5.41) is 3.83. The molecule has 0 spiro atoms. The quantitative estimate of drug-likeness (QED) is 0.650. The van der Waals surface area contributed by atoms with Crippen LogP contribution in [-0.2, 0) is 4.79 Å². The molecule has 0 radical (unpaired) electrons. The molecular formula is C24H27ClN2O. The third-order valence-corrected chi connectivity index (χ3v) is 5.47. The van der Waals surface area contributed by atoms with E-state index in [1.807, 2.05) is 42.5 Å². The van der Waals surface area contributed by atoms with E-state index in [0.717, 1.165) is 42.6 Å². The Morgan fingerprint density at radius 3 is 2.82 bits per heavy atom. The summed E-state index contributed by atoms with van der Waals surface area (Å²) in [6, 6.07) is 16.2. The van der Waals surface area contributed by atoms with Crippen LogP contribution < -0.4 is 10.2 Å². The number of nitrogens with one attached hydrogen (secondary N) is 1. The second-order valence-electron chi connectivity index (χ2n) is 7.20. The van der Waals surface area contributed by atoms with Crippen molar-refractivity contribution in [2.45, 2.75) is 19.8 Å². The van der Waals surface area contributed by atoms with Crippen LogP contribution in [0.1, 0.15) is 24.0 Å². The number of amides is 1. The summed E-state index contributed by atoms with van der Waals surface area (Å²) in [6.07, 6.45) is 5.42. The molecule has 0 aliphatic carbocycles. The number of carbonyl (C=O) groups is 1. The fourth-order valence-corrected chi connectivity index (χ4v) is 3.87. The average molecular weight is 395 g/mol. The molecule has 1 heterocycles. The average Bonchev–Trinajstić information content (AvgIpc) is 3.20. The molecule has 28 heavy (non-hydrogen) atoms. The van der Waals surface area contributed by atoms with Gasteiger partial charge in [0.2, 0.25) is 5.91 Å². The van der Waals surface area contributed by atoms with E-state index in [1.165, 1.54) is 5.69 Å². The monoisotopic (exact) mass is 394 g/mol. The summed E-state index contributed by atoms with van der Waals surface area (Å²) in [4.78, 5) is 14.9. The van der Waals surface area contributed by atoms with Crippen LogP contribution in [0.3, 0.4) is 0 Å². The molecule has 3 rings (SSSR count). The van der Waals surface area contributed by atoms with Gasteiger partial charge in [-0.1, -0.05) is 54.6 Å². The second kappa shape index (κ2) is 9.61. The second-order valence-corrected chi connectivity index (χ2v) is 7.63. The van der Waals surface area contributed by atoms with Crippen LogP contribution in [0.2, 0.25) is 5.02 Å². The van der Waals surface area contributed by atoms with Gasteiger partial charge in [0.05, 0.1) is 5.92 Å². The number of anilines is 1. The van der Waals surface area contributed by atoms with Gasteiger partial charge in [-0.15, -0.1) is 0 Å². The van der Waals surface area contributed by atoms with Gasteiger partial charge in [0, 0.05) is 30.3 Å². The Balaban J connectivity index is 1.55. The number of carbonyl (C=O) groups excluding carboxylic acids is 1. The zero-order chi connectivity index (χ0) is 19.9. The van der Waals surface area contributed by atoms with Crippen molar-refractivity contribution in [3.05, 3.63) is 83.4 Å². The van der Waals surface area contributed by atoms with Crippen LogP contribution in [0.15, 0.2) is 67.3 Å². The lowest BCUT2D eigenvalue weighted by Gasteiger charge is -2.18. The Labute approximate surface area is 172 Å². The van der Waals surface area contributed by atoms with E-state index < -0.39 is 0 Å². The lowest BCUT2D eigenvalue weighted by atomic mass is 9.97. The van der Waals surface area contributed by atoms with Gasteiger partial charge in [0.1, 0.15) is 0 Å². The van der Waals surface area contributed by atoms with E-state index in [1.54, 1.807) is 6.08 Å². The number of aryl methyl sites for hydroxylation is 1. The van der Waals surface area contributed by atoms with E-state index in [2.05, 4.69) is 35.9 Å². The van der Waals surface area contributed by atoms with Gasteiger partial charge in [0.15, 0.2) is 0 Å². The maximum absolute atomic E-state index is 12.6. The lowest BCUT2D eigenvalue weighted by molar-refractivity contribution is -0.124. The van der Waals surface area contributed by atoms with Crippen molar-refractivity contribution in [2.24, 2.45) is 5.92 Å². The maximum Gasteiger partial charge on any atom is 0.224 e. The first kappa shape index (κ1) is 20.2. The predicted octanol–water partition coefficient (Wildman–Crippen LogP) is 5.25. The van der Waals surface area contributed by atoms with Gasteiger partial charge in [-0.05, 0) is 60.7 Å². The normalized spacial score (nSPS) is 16.9. The van der Waals surface area contributed by atoms with E-state index in [0.29, 0.717) is 11.6 Å². The fourth-order valence-electron chi connectivity index (χ4n) is 3.70. The Morgan fingerprint density at radius 2 is 2.07 bits per heavy atom. The molecule has 1 unspecified atom stereocenters. The van der Waals surface area contributed by atoms with Gasteiger partial charge < -0.3 is 10.2 Å². The first-order valence-electron chi connectivity index (χ1n) is 9.74. The van der Waals surface area contributed by atoms with E-state index in [-0.39, 0.29) is 11.8 Å². The molecule has 146 valence electrons. The SMILES string of the molecule is C=C/C=C(/CCNC(=O)C1CCN(c2ccccc2)C1)c1cc(Cl)ccc1C. The van der Waals surface area contributed by atoms with E-state index in [9.17, 15) is 4.79 Å². The summed E-state index contributed by atoms with van der Waals surface area (Å²) in [7, 11) is 0. The third-order valence-electron chi connectivity index (χ3n) is 5.24. The fraction of sp³-hybridized carbons (Fsp3) is 0.292. The summed E-state index contributed by atoms with van der Waals surface area (Å²) in [5.41, 5.74) is 4.59. The minimum atomic E-state index is 0.0416. The standard InChI is InChI=1S/C24H27ClN2O/c1-3-7-19(23-16-21(25)11-10-18(23)2)12-14-26-24(28)20-13-15-27(17-20)22-8-5-4-6-9-22/h3-11,16,20H,1,12-15,17H2,2H3,(H,26,28)/b19-7-. The molecule has 1 atom stereocenters. The molecule has 1 amide bonds. The third kappa shape index (κ3) is 5.05. The largest absolute Gasteiger partial charge is 0.371 e. The number of hydrogen-bond acceptors (Lipinski definition) is 2. The minimum Gasteiger partial charge on any atom is -0.371 e. The Hall–Kier alpha value is -2.52. The van der Waals surface area contributed by atoms with E-state index in [4.69, 9.17) is 11.6 Å². The number of allylic oxidation sites excluding steroid dienone is 2. The summed E-state index contributed by atoms with van der Waals surface area (Å²) in [6.45, 7) is 8.19. The van der Waals surface area contributed by atoms with Crippen molar-refractivity contribution >= 4 is 28.8 Å². The highest BCUT2D eigenvalue weighted by Crippen LogP contribution is 2.26. The number of rotatable bonds is 7. The first-order valence-corrected chi connectivity index (χ1v) is 10.1. The van der Waals surface area contributed by atoms with Crippen LogP contribution >= 0.6 is 11.6 Å². The molecule has 1 aliphatic heterocycles. The molecule has 0 saturated carbocycles. The lowest BCUT2D eigenvalue weighted by Crippen LogP contribution is -2.33. The highest BCUT2D eigenvalue weighted by molar-refractivity contribution is 6.30. The van der Waals surface area contributed by atoms with Crippen molar-refractivity contribution in [1.82, 2.24) is 5.32 Å². The molecule has 1 saturated heterocycles. The minimum absolute atomic E-state index is 0.0416. The maximum atomic E-state index is 12.6. The molecule has 2 aromatic carbocycles. The molecule has 1 N–H and O–H groups in total. The predicted molar refractivity (Wildman–Crippen MR) is 119 cm³/mol. The van der Waals surface area contributed by atoms with Crippen LogP contribution in [0.5, 0.6) is 0 Å². The van der Waals surface area contributed by atoms with Crippen molar-refractivity contribution in [3.63, 3.8) is 0 Å². The number of hydrogen-bond donors (Lipinski definition) is 1. The zero-order valence-electron chi connectivity index (χ0n) is 16.3. The van der Waals surface area contributed by atoms with Gasteiger partial charge in [0.25, 0.3) is 0 Å². The van der Waals surface area contributed by atoms with Crippen LogP contribution in [0.4, 0.5) is 5.69 Å². The van der Waals surface area contributed by atoms with Crippen molar-refractivity contribution in [3.8, 4) is 0 Å². The molecule has 0 bridgehead atoms.